The van der Waals surface area contributed by atoms with Crippen LogP contribution in [-0.2, 0) is 20.8 Å². The van der Waals surface area contributed by atoms with Crippen LogP contribution in [0.1, 0.15) is 32.8 Å². The number of rotatable bonds is 5. The van der Waals surface area contributed by atoms with Crippen LogP contribution in [0.4, 0.5) is 4.79 Å². The quantitative estimate of drug-likeness (QED) is 0.755. The van der Waals surface area contributed by atoms with Gasteiger partial charge in [-0.25, -0.2) is 9.59 Å². The number of hydrogen-bond donors (Lipinski definition) is 1. The van der Waals surface area contributed by atoms with Gasteiger partial charge in [-0.1, -0.05) is 54.6 Å². The molecular formula is C24H30N2O4. The lowest BCUT2D eigenvalue weighted by Gasteiger charge is -2.27. The number of likely N-dealkylation sites (tertiary alicyclic amines) is 1. The Morgan fingerprint density at radius 1 is 1.03 bits per heavy atom. The first kappa shape index (κ1) is 21.8. The Balaban J connectivity index is 1.61. The molecule has 1 heterocycles. The fourth-order valence-electron chi connectivity index (χ4n) is 3.57. The summed E-state index contributed by atoms with van der Waals surface area (Å²) in [7, 11) is 1.34. The summed E-state index contributed by atoms with van der Waals surface area (Å²) < 4.78 is 10.4. The number of amides is 1. The van der Waals surface area contributed by atoms with E-state index in [1.54, 1.807) is 0 Å². The predicted molar refractivity (Wildman–Crippen MR) is 116 cm³/mol. The first-order chi connectivity index (χ1) is 14.3. The summed E-state index contributed by atoms with van der Waals surface area (Å²) in [6.07, 6.45) is 0.00278. The van der Waals surface area contributed by atoms with E-state index >= 15 is 0 Å². The number of nitrogens with one attached hydrogen (secondary N) is 1. The molecule has 1 amide bonds. The molecule has 0 bridgehead atoms. The van der Waals surface area contributed by atoms with Crippen LogP contribution in [0.15, 0.2) is 54.6 Å². The van der Waals surface area contributed by atoms with Crippen LogP contribution in [0.5, 0.6) is 0 Å². The van der Waals surface area contributed by atoms with E-state index in [0.29, 0.717) is 19.5 Å². The van der Waals surface area contributed by atoms with Crippen molar-refractivity contribution in [1.82, 2.24) is 10.2 Å². The zero-order valence-electron chi connectivity index (χ0n) is 18.1. The van der Waals surface area contributed by atoms with Crippen molar-refractivity contribution in [3.8, 4) is 11.1 Å². The number of esters is 1. The van der Waals surface area contributed by atoms with E-state index in [1.807, 2.05) is 39.0 Å². The molecule has 0 saturated carbocycles. The molecule has 0 aliphatic carbocycles. The molecule has 2 aromatic rings. The van der Waals surface area contributed by atoms with E-state index in [0.717, 1.165) is 5.56 Å². The molecule has 1 N–H and O–H groups in total. The number of hydrogen-bond acceptors (Lipinski definition) is 5. The SMILES string of the molecule is COC(=O)[C@@H]1C[C@H](NCc2ccc(-c3ccccc3)cc2)CN1C(=O)OC(C)(C)C. The largest absolute Gasteiger partial charge is 0.467 e. The first-order valence-corrected chi connectivity index (χ1v) is 10.2. The Morgan fingerprint density at radius 3 is 2.27 bits per heavy atom. The summed E-state index contributed by atoms with van der Waals surface area (Å²) in [4.78, 5) is 26.2. The maximum Gasteiger partial charge on any atom is 0.411 e. The molecule has 2 atom stereocenters. The fraction of sp³-hybridized carbons (Fsp3) is 0.417. The highest BCUT2D eigenvalue weighted by atomic mass is 16.6. The van der Waals surface area contributed by atoms with Crippen LogP contribution < -0.4 is 5.32 Å². The lowest BCUT2D eigenvalue weighted by molar-refractivity contribution is -0.145. The van der Waals surface area contributed by atoms with Gasteiger partial charge < -0.3 is 14.8 Å². The lowest BCUT2D eigenvalue weighted by atomic mass is 10.0. The molecule has 2 aromatic carbocycles. The van der Waals surface area contributed by atoms with E-state index in [9.17, 15) is 9.59 Å². The van der Waals surface area contributed by atoms with Gasteiger partial charge in [-0.05, 0) is 43.9 Å². The standard InChI is InChI=1S/C24H30N2O4/c1-24(2,3)30-23(28)26-16-20(14-21(26)22(27)29-4)25-15-17-10-12-19(13-11-17)18-8-6-5-7-9-18/h5-13,20-21,25H,14-16H2,1-4H3/t20-,21-/m0/s1. The van der Waals surface area contributed by atoms with E-state index in [-0.39, 0.29) is 6.04 Å². The minimum Gasteiger partial charge on any atom is -0.467 e. The van der Waals surface area contributed by atoms with Gasteiger partial charge in [-0.3, -0.25) is 4.90 Å². The molecule has 1 aliphatic heterocycles. The first-order valence-electron chi connectivity index (χ1n) is 10.2. The molecule has 1 aliphatic rings. The van der Waals surface area contributed by atoms with Crippen LogP contribution in [0.3, 0.4) is 0 Å². The van der Waals surface area contributed by atoms with Crippen molar-refractivity contribution in [3.05, 3.63) is 60.2 Å². The van der Waals surface area contributed by atoms with Gasteiger partial charge in [0.25, 0.3) is 0 Å². The number of carbonyl (C=O) groups is 2. The summed E-state index contributed by atoms with van der Waals surface area (Å²) in [6, 6.07) is 18.0. The van der Waals surface area contributed by atoms with Crippen molar-refractivity contribution in [1.29, 1.82) is 0 Å². The van der Waals surface area contributed by atoms with E-state index in [4.69, 9.17) is 9.47 Å². The molecule has 30 heavy (non-hydrogen) atoms. The maximum absolute atomic E-state index is 12.6. The topological polar surface area (TPSA) is 67.9 Å². The molecule has 160 valence electrons. The Kier molecular flexibility index (Phi) is 6.77. The molecule has 6 heteroatoms. The molecule has 1 fully saturated rings. The van der Waals surface area contributed by atoms with Gasteiger partial charge >= 0.3 is 12.1 Å². The van der Waals surface area contributed by atoms with E-state index in [2.05, 4.69) is 41.7 Å². The van der Waals surface area contributed by atoms with Gasteiger partial charge in [0.05, 0.1) is 7.11 Å². The second-order valence-electron chi connectivity index (χ2n) is 8.55. The van der Waals surface area contributed by atoms with Crippen LogP contribution in [0.2, 0.25) is 0 Å². The molecule has 0 spiro atoms. The molecule has 6 nitrogen and oxygen atoms in total. The number of carbonyl (C=O) groups excluding carboxylic acids is 2. The molecule has 0 aromatic heterocycles. The Labute approximate surface area is 178 Å². The zero-order valence-corrected chi connectivity index (χ0v) is 18.1. The van der Waals surface area contributed by atoms with Crippen molar-refractivity contribution in [2.45, 2.75) is 51.4 Å². The Morgan fingerprint density at radius 2 is 1.67 bits per heavy atom. The molecule has 3 rings (SSSR count). The van der Waals surface area contributed by atoms with Crippen molar-refractivity contribution in [2.24, 2.45) is 0 Å². The monoisotopic (exact) mass is 410 g/mol. The van der Waals surface area contributed by atoms with Crippen LogP contribution in [0, 0.1) is 0 Å². The minimum absolute atomic E-state index is 0.0181. The average Bonchev–Trinajstić information content (AvgIpc) is 3.16. The summed E-state index contributed by atoms with van der Waals surface area (Å²) >= 11 is 0. The summed E-state index contributed by atoms with van der Waals surface area (Å²) in [5, 5.41) is 3.46. The maximum atomic E-state index is 12.6. The van der Waals surface area contributed by atoms with Crippen molar-refractivity contribution >= 4 is 12.1 Å². The number of methoxy groups -OCH3 is 1. The smallest absolute Gasteiger partial charge is 0.411 e. The average molecular weight is 411 g/mol. The highest BCUT2D eigenvalue weighted by Crippen LogP contribution is 2.23. The normalized spacial score (nSPS) is 18.9. The second-order valence-corrected chi connectivity index (χ2v) is 8.55. The predicted octanol–water partition coefficient (Wildman–Crippen LogP) is 3.99. The zero-order chi connectivity index (χ0) is 21.7. The molecule has 0 radical (unpaired) electrons. The van der Waals surface area contributed by atoms with Crippen molar-refractivity contribution in [2.75, 3.05) is 13.7 Å². The second kappa shape index (κ2) is 9.30. The van der Waals surface area contributed by atoms with Crippen molar-refractivity contribution < 1.29 is 19.1 Å². The van der Waals surface area contributed by atoms with Gasteiger partial charge in [-0.15, -0.1) is 0 Å². The highest BCUT2D eigenvalue weighted by Gasteiger charge is 2.41. The van der Waals surface area contributed by atoms with Gasteiger partial charge in [0.15, 0.2) is 0 Å². The van der Waals surface area contributed by atoms with Gasteiger partial charge in [0, 0.05) is 19.1 Å². The summed E-state index contributed by atoms with van der Waals surface area (Å²) in [5.41, 5.74) is 2.87. The highest BCUT2D eigenvalue weighted by molar-refractivity contribution is 5.82. The number of ether oxygens (including phenoxy) is 2. The third kappa shape index (κ3) is 5.60. The fourth-order valence-corrected chi connectivity index (χ4v) is 3.57. The lowest BCUT2D eigenvalue weighted by Crippen LogP contribution is -2.44. The van der Waals surface area contributed by atoms with Gasteiger partial charge in [0.1, 0.15) is 11.6 Å². The summed E-state index contributed by atoms with van der Waals surface area (Å²) in [6.45, 7) is 6.47. The van der Waals surface area contributed by atoms with Gasteiger partial charge in [0.2, 0.25) is 0 Å². The number of nitrogens with zero attached hydrogens (tertiary/aromatic N) is 1. The third-order valence-corrected chi connectivity index (χ3v) is 5.06. The van der Waals surface area contributed by atoms with Crippen LogP contribution in [0.25, 0.3) is 11.1 Å². The van der Waals surface area contributed by atoms with Gasteiger partial charge in [-0.2, -0.15) is 0 Å². The molecule has 1 saturated heterocycles. The van der Waals surface area contributed by atoms with E-state index in [1.165, 1.54) is 23.1 Å². The third-order valence-electron chi connectivity index (χ3n) is 5.06. The van der Waals surface area contributed by atoms with Crippen LogP contribution in [-0.4, -0.2) is 48.3 Å². The minimum atomic E-state index is -0.636. The Bertz CT molecular complexity index is 859. The van der Waals surface area contributed by atoms with Crippen LogP contribution >= 0.6 is 0 Å². The number of benzene rings is 2. The van der Waals surface area contributed by atoms with E-state index < -0.39 is 23.7 Å². The Hall–Kier alpha value is -2.86. The van der Waals surface area contributed by atoms with Crippen molar-refractivity contribution in [3.63, 3.8) is 0 Å². The summed E-state index contributed by atoms with van der Waals surface area (Å²) in [5.74, 6) is -0.419. The molecular weight excluding hydrogens is 380 g/mol. The molecule has 0 unspecified atom stereocenters.